The minimum Gasteiger partial charge on any atom is -0.493 e. The third-order valence-corrected chi connectivity index (χ3v) is 3.79. The molecule has 0 spiro atoms. The molecule has 5 heteroatoms. The molecule has 2 aromatic rings. The van der Waals surface area contributed by atoms with Crippen LogP contribution in [0.3, 0.4) is 0 Å². The molecule has 0 aliphatic carbocycles. The number of methoxy groups -OCH3 is 1. The first-order valence-electron chi connectivity index (χ1n) is 9.02. The van der Waals surface area contributed by atoms with Crippen LogP contribution >= 0.6 is 0 Å². The van der Waals surface area contributed by atoms with Gasteiger partial charge in [-0.1, -0.05) is 37.6 Å². The number of carbonyl (C=O) groups is 1. The molecule has 1 amide bonds. The van der Waals surface area contributed by atoms with Crippen LogP contribution in [0.2, 0.25) is 0 Å². The first-order chi connectivity index (χ1) is 12.7. The van der Waals surface area contributed by atoms with Crippen LogP contribution < -0.4 is 19.5 Å². The predicted molar refractivity (Wildman–Crippen MR) is 103 cm³/mol. The van der Waals surface area contributed by atoms with Gasteiger partial charge in [0, 0.05) is 6.42 Å². The van der Waals surface area contributed by atoms with Crippen molar-refractivity contribution in [1.29, 1.82) is 0 Å². The molecule has 0 unspecified atom stereocenters. The molecule has 1 N–H and O–H groups in total. The number of unbranched alkanes of at least 4 members (excludes halogenated alkanes) is 1. The van der Waals surface area contributed by atoms with E-state index < -0.39 is 0 Å². The van der Waals surface area contributed by atoms with Gasteiger partial charge in [0.05, 0.1) is 26.0 Å². The second kappa shape index (κ2) is 11.0. The van der Waals surface area contributed by atoms with Crippen LogP contribution in [0.1, 0.15) is 32.6 Å². The fraction of sp³-hybridized carbons (Fsp3) is 0.381. The lowest BCUT2D eigenvalue weighted by molar-refractivity contribution is -0.116. The van der Waals surface area contributed by atoms with Gasteiger partial charge in [0.25, 0.3) is 0 Å². The topological polar surface area (TPSA) is 56.8 Å². The standard InChI is InChI=1S/C21H27NO4/c1-3-4-15-25-18-11-6-5-10-17(18)22-21(23)14-9-16-26-20-13-8-7-12-19(20)24-2/h5-8,10-13H,3-4,9,14-16H2,1-2H3,(H,22,23). The third-order valence-electron chi connectivity index (χ3n) is 3.79. The zero-order valence-corrected chi connectivity index (χ0v) is 15.5. The monoisotopic (exact) mass is 357 g/mol. The number of hydrogen-bond acceptors (Lipinski definition) is 4. The highest BCUT2D eigenvalue weighted by Gasteiger charge is 2.08. The van der Waals surface area contributed by atoms with E-state index in [1.54, 1.807) is 7.11 Å². The van der Waals surface area contributed by atoms with Gasteiger partial charge in [-0.15, -0.1) is 0 Å². The molecule has 0 heterocycles. The van der Waals surface area contributed by atoms with Gasteiger partial charge in [-0.05, 0) is 37.1 Å². The van der Waals surface area contributed by atoms with Gasteiger partial charge < -0.3 is 19.5 Å². The largest absolute Gasteiger partial charge is 0.493 e. The summed E-state index contributed by atoms with van der Waals surface area (Å²) in [6.45, 7) is 3.21. The van der Waals surface area contributed by atoms with Crippen molar-refractivity contribution in [2.75, 3.05) is 25.6 Å². The normalized spacial score (nSPS) is 10.2. The van der Waals surface area contributed by atoms with Crippen LogP contribution in [0.25, 0.3) is 0 Å². The van der Waals surface area contributed by atoms with Crippen LogP contribution in [-0.2, 0) is 4.79 Å². The Hall–Kier alpha value is -2.69. The number of ether oxygens (including phenoxy) is 3. The number of amides is 1. The SMILES string of the molecule is CCCCOc1ccccc1NC(=O)CCCOc1ccccc1OC. The highest BCUT2D eigenvalue weighted by Crippen LogP contribution is 2.26. The minimum atomic E-state index is -0.0554. The van der Waals surface area contributed by atoms with Gasteiger partial charge in [-0.25, -0.2) is 0 Å². The molecule has 0 saturated carbocycles. The van der Waals surface area contributed by atoms with Crippen molar-refractivity contribution in [1.82, 2.24) is 0 Å². The average molecular weight is 357 g/mol. The summed E-state index contributed by atoms with van der Waals surface area (Å²) in [6, 6.07) is 15.0. The van der Waals surface area contributed by atoms with Crippen molar-refractivity contribution in [3.8, 4) is 17.2 Å². The molecule has 0 aliphatic rings. The van der Waals surface area contributed by atoms with Crippen LogP contribution in [0.5, 0.6) is 17.2 Å². The molecule has 0 aliphatic heterocycles. The van der Waals surface area contributed by atoms with E-state index in [0.717, 1.165) is 12.8 Å². The first kappa shape index (κ1) is 19.6. The highest BCUT2D eigenvalue weighted by atomic mass is 16.5. The number of rotatable bonds is 11. The molecule has 0 atom stereocenters. The quantitative estimate of drug-likeness (QED) is 0.594. The highest BCUT2D eigenvalue weighted by molar-refractivity contribution is 5.92. The number of nitrogens with one attached hydrogen (secondary N) is 1. The summed E-state index contributed by atoms with van der Waals surface area (Å²) in [4.78, 5) is 12.2. The summed E-state index contributed by atoms with van der Waals surface area (Å²) in [5.74, 6) is 2.03. The van der Waals surface area contributed by atoms with Crippen molar-refractivity contribution in [2.45, 2.75) is 32.6 Å². The van der Waals surface area contributed by atoms with Crippen LogP contribution in [0.15, 0.2) is 48.5 Å². The second-order valence-electron chi connectivity index (χ2n) is 5.85. The van der Waals surface area contributed by atoms with E-state index in [4.69, 9.17) is 14.2 Å². The lowest BCUT2D eigenvalue weighted by atomic mass is 10.2. The van der Waals surface area contributed by atoms with Crippen molar-refractivity contribution in [3.05, 3.63) is 48.5 Å². The number of para-hydroxylation sites is 4. The fourth-order valence-electron chi connectivity index (χ4n) is 2.39. The summed E-state index contributed by atoms with van der Waals surface area (Å²) in [5, 5.41) is 2.91. The Morgan fingerprint density at radius 2 is 1.50 bits per heavy atom. The molecular formula is C21H27NO4. The Morgan fingerprint density at radius 1 is 0.885 bits per heavy atom. The number of carbonyl (C=O) groups excluding carboxylic acids is 1. The maximum absolute atomic E-state index is 12.2. The van der Waals surface area contributed by atoms with Gasteiger partial charge in [-0.3, -0.25) is 4.79 Å². The van der Waals surface area contributed by atoms with Gasteiger partial charge in [0.15, 0.2) is 11.5 Å². The predicted octanol–water partition coefficient (Wildman–Crippen LogP) is 4.67. The van der Waals surface area contributed by atoms with Gasteiger partial charge in [0.1, 0.15) is 5.75 Å². The van der Waals surface area contributed by atoms with E-state index >= 15 is 0 Å². The molecule has 0 fully saturated rings. The molecule has 5 nitrogen and oxygen atoms in total. The van der Waals surface area contributed by atoms with Gasteiger partial charge in [-0.2, -0.15) is 0 Å². The van der Waals surface area contributed by atoms with Gasteiger partial charge in [0.2, 0.25) is 5.91 Å². The summed E-state index contributed by atoms with van der Waals surface area (Å²) in [7, 11) is 1.61. The van der Waals surface area contributed by atoms with Crippen molar-refractivity contribution in [3.63, 3.8) is 0 Å². The van der Waals surface area contributed by atoms with E-state index in [1.165, 1.54) is 0 Å². The smallest absolute Gasteiger partial charge is 0.224 e. The van der Waals surface area contributed by atoms with Crippen LogP contribution in [-0.4, -0.2) is 26.2 Å². The summed E-state index contributed by atoms with van der Waals surface area (Å²) >= 11 is 0. The maximum Gasteiger partial charge on any atom is 0.224 e. The van der Waals surface area contributed by atoms with Gasteiger partial charge >= 0.3 is 0 Å². The summed E-state index contributed by atoms with van der Waals surface area (Å²) < 4.78 is 16.7. The van der Waals surface area contributed by atoms with Crippen molar-refractivity contribution < 1.29 is 19.0 Å². The minimum absolute atomic E-state index is 0.0554. The van der Waals surface area contributed by atoms with E-state index in [2.05, 4.69) is 12.2 Å². The fourth-order valence-corrected chi connectivity index (χ4v) is 2.39. The van der Waals surface area contributed by atoms with E-state index in [0.29, 0.717) is 49.0 Å². The lowest BCUT2D eigenvalue weighted by Crippen LogP contribution is -2.14. The molecule has 0 radical (unpaired) electrons. The molecule has 2 rings (SSSR count). The Bertz CT molecular complexity index is 687. The molecule has 140 valence electrons. The number of benzene rings is 2. The van der Waals surface area contributed by atoms with E-state index in [9.17, 15) is 4.79 Å². The molecular weight excluding hydrogens is 330 g/mol. The summed E-state index contributed by atoms with van der Waals surface area (Å²) in [5.41, 5.74) is 0.708. The number of anilines is 1. The molecule has 26 heavy (non-hydrogen) atoms. The number of hydrogen-bond donors (Lipinski definition) is 1. The molecule has 0 aromatic heterocycles. The van der Waals surface area contributed by atoms with E-state index in [1.807, 2.05) is 48.5 Å². The first-order valence-corrected chi connectivity index (χ1v) is 9.02. The maximum atomic E-state index is 12.2. The second-order valence-corrected chi connectivity index (χ2v) is 5.85. The van der Waals surface area contributed by atoms with Crippen LogP contribution in [0, 0.1) is 0 Å². The Kier molecular flexibility index (Phi) is 8.33. The lowest BCUT2D eigenvalue weighted by Gasteiger charge is -2.13. The Morgan fingerprint density at radius 3 is 2.23 bits per heavy atom. The summed E-state index contributed by atoms with van der Waals surface area (Å²) in [6.07, 6.45) is 3.05. The third kappa shape index (κ3) is 6.31. The average Bonchev–Trinajstić information content (AvgIpc) is 2.67. The molecule has 0 bridgehead atoms. The zero-order valence-electron chi connectivity index (χ0n) is 15.5. The molecule has 2 aromatic carbocycles. The van der Waals surface area contributed by atoms with E-state index in [-0.39, 0.29) is 5.91 Å². The zero-order chi connectivity index (χ0) is 18.6. The van der Waals surface area contributed by atoms with Crippen molar-refractivity contribution in [2.24, 2.45) is 0 Å². The Labute approximate surface area is 155 Å². The van der Waals surface area contributed by atoms with Crippen LogP contribution in [0.4, 0.5) is 5.69 Å². The molecule has 0 saturated heterocycles. The Balaban J connectivity index is 1.77. The van der Waals surface area contributed by atoms with Crippen molar-refractivity contribution >= 4 is 11.6 Å².